The molecular formula is C27H30N8O4S. The Morgan fingerprint density at radius 1 is 0.825 bits per heavy atom. The van der Waals surface area contributed by atoms with Crippen molar-refractivity contribution in [2.75, 3.05) is 61.4 Å². The number of piperazine rings is 1. The van der Waals surface area contributed by atoms with Gasteiger partial charge in [-0.05, 0) is 30.5 Å². The Morgan fingerprint density at radius 2 is 1.60 bits per heavy atom. The van der Waals surface area contributed by atoms with Crippen molar-refractivity contribution in [3.05, 3.63) is 40.6 Å². The first-order valence-corrected chi connectivity index (χ1v) is 14.8. The maximum atomic E-state index is 13.2. The van der Waals surface area contributed by atoms with E-state index in [1.54, 1.807) is 12.1 Å². The Bertz CT molecular complexity index is 1420. The van der Waals surface area contributed by atoms with Crippen molar-refractivity contribution in [1.29, 1.82) is 0 Å². The van der Waals surface area contributed by atoms with E-state index < -0.39 is 23.8 Å². The van der Waals surface area contributed by atoms with Gasteiger partial charge in [0.2, 0.25) is 11.9 Å². The molecule has 13 heteroatoms. The predicted octanol–water partition coefficient (Wildman–Crippen LogP) is 1.50. The number of thioether (sulfide) groups is 1. The molecule has 6 heterocycles. The minimum atomic E-state index is -0.760. The highest BCUT2D eigenvalue weighted by atomic mass is 32.2. The Balaban J connectivity index is 1.03. The van der Waals surface area contributed by atoms with Crippen LogP contribution in [0.5, 0.6) is 0 Å². The second kappa shape index (κ2) is 10.0. The molecule has 2 aromatic rings. The zero-order valence-corrected chi connectivity index (χ0v) is 22.9. The number of nitrogens with one attached hydrogen (secondary N) is 1. The number of hydrazine groups is 1. The van der Waals surface area contributed by atoms with Crippen LogP contribution in [0.1, 0.15) is 51.2 Å². The highest BCUT2D eigenvalue weighted by molar-refractivity contribution is 7.99. The normalized spacial score (nSPS) is 21.4. The van der Waals surface area contributed by atoms with Crippen LogP contribution < -0.4 is 15.1 Å². The third kappa shape index (κ3) is 4.37. The molecule has 0 atom stereocenters. The van der Waals surface area contributed by atoms with Crippen molar-refractivity contribution in [2.45, 2.75) is 37.1 Å². The van der Waals surface area contributed by atoms with Crippen LogP contribution in [-0.4, -0.2) is 100 Å². The summed E-state index contributed by atoms with van der Waals surface area (Å²) in [6.07, 6.45) is 3.41. The molecule has 0 bridgehead atoms. The van der Waals surface area contributed by atoms with E-state index >= 15 is 0 Å². The number of urea groups is 1. The molecule has 1 aromatic carbocycles. The lowest BCUT2D eigenvalue weighted by atomic mass is 10.1. The standard InChI is InChI=1S/C27H30N8O4S/c36-21-5-9-34(27(39)29-21)35-24(37)18-4-3-17(15-19(18)25(35)38)16-31-10-12-32(13-11-31)23-22-20(6-14-40-22)28-26(30-23)33-7-1-2-8-33/h3-4,15H,1-2,5-14,16H2,(H,29,36,39). The first-order chi connectivity index (χ1) is 19.5. The monoisotopic (exact) mass is 562 g/mol. The van der Waals surface area contributed by atoms with Crippen LogP contribution in [0.2, 0.25) is 0 Å². The molecule has 5 amide bonds. The third-order valence-electron chi connectivity index (χ3n) is 8.16. The second-order valence-corrected chi connectivity index (χ2v) is 11.8. The number of aryl methyl sites for hydroxylation is 1. The van der Waals surface area contributed by atoms with Crippen molar-refractivity contribution >= 4 is 47.3 Å². The molecule has 12 nitrogen and oxygen atoms in total. The zero-order chi connectivity index (χ0) is 27.4. The zero-order valence-electron chi connectivity index (χ0n) is 22.1. The molecule has 0 saturated carbocycles. The number of hydrogen-bond acceptors (Lipinski definition) is 10. The third-order valence-corrected chi connectivity index (χ3v) is 9.28. The Morgan fingerprint density at radius 3 is 2.38 bits per heavy atom. The summed E-state index contributed by atoms with van der Waals surface area (Å²) in [6.45, 7) is 6.08. The van der Waals surface area contributed by atoms with Crippen molar-refractivity contribution in [3.8, 4) is 0 Å². The number of amides is 5. The summed E-state index contributed by atoms with van der Waals surface area (Å²) in [7, 11) is 0. The lowest BCUT2D eigenvalue weighted by molar-refractivity contribution is -0.122. The van der Waals surface area contributed by atoms with Gasteiger partial charge in [-0.25, -0.2) is 14.8 Å². The number of rotatable bonds is 5. The summed E-state index contributed by atoms with van der Waals surface area (Å²) in [6, 6.07) is 4.53. The molecule has 0 unspecified atom stereocenters. The quantitative estimate of drug-likeness (QED) is 0.537. The number of imide groups is 2. The van der Waals surface area contributed by atoms with Gasteiger partial charge in [-0.1, -0.05) is 6.07 Å². The van der Waals surface area contributed by atoms with Crippen LogP contribution >= 0.6 is 11.8 Å². The summed E-state index contributed by atoms with van der Waals surface area (Å²) >= 11 is 1.86. The van der Waals surface area contributed by atoms with Crippen LogP contribution in [0.4, 0.5) is 16.6 Å². The van der Waals surface area contributed by atoms with E-state index in [1.165, 1.54) is 23.4 Å². The molecule has 0 aliphatic carbocycles. The van der Waals surface area contributed by atoms with Gasteiger partial charge in [0.25, 0.3) is 11.8 Å². The average Bonchev–Trinajstić information content (AvgIpc) is 3.70. The van der Waals surface area contributed by atoms with Gasteiger partial charge < -0.3 is 9.80 Å². The molecule has 0 spiro atoms. The number of aromatic nitrogens is 2. The van der Waals surface area contributed by atoms with Crippen molar-refractivity contribution in [2.24, 2.45) is 0 Å². The lowest BCUT2D eigenvalue weighted by Crippen LogP contribution is -2.58. The molecule has 5 aliphatic heterocycles. The molecule has 1 aromatic heterocycles. The van der Waals surface area contributed by atoms with E-state index in [2.05, 4.69) is 20.0 Å². The van der Waals surface area contributed by atoms with Gasteiger partial charge in [-0.15, -0.1) is 11.8 Å². The smallest absolute Gasteiger partial charge is 0.343 e. The second-order valence-electron chi connectivity index (χ2n) is 10.7. The molecule has 3 fully saturated rings. The van der Waals surface area contributed by atoms with E-state index in [-0.39, 0.29) is 24.1 Å². The molecule has 40 heavy (non-hydrogen) atoms. The van der Waals surface area contributed by atoms with Gasteiger partial charge in [-0.2, -0.15) is 9.99 Å². The number of hydrogen-bond donors (Lipinski definition) is 1. The van der Waals surface area contributed by atoms with E-state index in [0.717, 1.165) is 78.8 Å². The average molecular weight is 563 g/mol. The van der Waals surface area contributed by atoms with Gasteiger partial charge in [0.1, 0.15) is 5.82 Å². The van der Waals surface area contributed by atoms with Crippen LogP contribution in [0.25, 0.3) is 0 Å². The molecule has 3 saturated heterocycles. The number of anilines is 2. The van der Waals surface area contributed by atoms with Crippen LogP contribution in [0.3, 0.4) is 0 Å². The van der Waals surface area contributed by atoms with Crippen molar-refractivity contribution in [3.63, 3.8) is 0 Å². The summed E-state index contributed by atoms with van der Waals surface area (Å²) in [5, 5.41) is 4.03. The maximum Gasteiger partial charge on any atom is 0.343 e. The van der Waals surface area contributed by atoms with Gasteiger partial charge in [0.15, 0.2) is 0 Å². The predicted molar refractivity (Wildman–Crippen MR) is 147 cm³/mol. The van der Waals surface area contributed by atoms with E-state index in [0.29, 0.717) is 6.54 Å². The van der Waals surface area contributed by atoms with E-state index in [1.807, 2.05) is 17.8 Å². The van der Waals surface area contributed by atoms with Gasteiger partial charge >= 0.3 is 6.03 Å². The van der Waals surface area contributed by atoms with Gasteiger partial charge in [-0.3, -0.25) is 24.6 Å². The molecule has 208 valence electrons. The fourth-order valence-corrected chi connectivity index (χ4v) is 7.14. The highest BCUT2D eigenvalue weighted by Gasteiger charge is 2.43. The summed E-state index contributed by atoms with van der Waals surface area (Å²) in [5.41, 5.74) is 2.67. The SMILES string of the molecule is O=C1CCN(N2C(=O)c3ccc(CN4CCN(c5nc(N6CCCC6)nc6c5SCC6)CC4)cc3C2=O)C(=O)N1. The molecular weight excluding hydrogens is 532 g/mol. The summed E-state index contributed by atoms with van der Waals surface area (Å²) in [4.78, 5) is 68.1. The topological polar surface area (TPSA) is 122 Å². The Kier molecular flexibility index (Phi) is 6.34. The number of benzene rings is 1. The fraction of sp³-hybridized carbons (Fsp3) is 0.481. The fourth-order valence-electron chi connectivity index (χ4n) is 6.03. The van der Waals surface area contributed by atoms with Crippen LogP contribution in [0, 0.1) is 0 Å². The number of carbonyl (C=O) groups excluding carboxylic acids is 4. The molecule has 5 aliphatic rings. The van der Waals surface area contributed by atoms with Gasteiger partial charge in [0, 0.05) is 64.4 Å². The maximum absolute atomic E-state index is 13.2. The first kappa shape index (κ1) is 25.3. The number of carbonyl (C=O) groups is 4. The van der Waals surface area contributed by atoms with Crippen LogP contribution in [0.15, 0.2) is 23.1 Å². The largest absolute Gasteiger partial charge is 0.353 e. The molecule has 0 radical (unpaired) electrons. The summed E-state index contributed by atoms with van der Waals surface area (Å²) in [5.74, 6) is 1.48. The first-order valence-electron chi connectivity index (χ1n) is 13.9. The van der Waals surface area contributed by atoms with E-state index in [9.17, 15) is 19.2 Å². The minimum absolute atomic E-state index is 0.0131. The molecule has 7 rings (SSSR count). The Labute approximate surface area is 235 Å². The van der Waals surface area contributed by atoms with E-state index in [4.69, 9.17) is 9.97 Å². The van der Waals surface area contributed by atoms with Crippen LogP contribution in [-0.2, 0) is 17.8 Å². The highest BCUT2D eigenvalue weighted by Crippen LogP contribution is 2.39. The summed E-state index contributed by atoms with van der Waals surface area (Å²) < 4.78 is 0. The lowest BCUT2D eigenvalue weighted by Gasteiger charge is -2.36. The number of fused-ring (bicyclic) bond motifs is 2. The van der Waals surface area contributed by atoms with Gasteiger partial charge in [0.05, 0.1) is 28.3 Å². The molecule has 1 N–H and O–H groups in total. The number of nitrogens with zero attached hydrogens (tertiary/aromatic N) is 7. The minimum Gasteiger partial charge on any atom is -0.353 e. The van der Waals surface area contributed by atoms with Crippen molar-refractivity contribution < 1.29 is 19.2 Å². The Hall–Kier alpha value is -3.71. The van der Waals surface area contributed by atoms with Crippen molar-refractivity contribution in [1.82, 2.24) is 30.2 Å².